The average Bonchev–Trinajstić information content (AvgIpc) is 2.58. The third kappa shape index (κ3) is 4.29. The molecule has 1 aromatic rings. The zero-order chi connectivity index (χ0) is 16.8. The lowest BCUT2D eigenvalue weighted by Gasteiger charge is -2.33. The molecule has 2 N–H and O–H groups in total. The molecule has 1 saturated heterocycles. The third-order valence-electron chi connectivity index (χ3n) is 5.24. The molecule has 0 saturated carbocycles. The summed E-state index contributed by atoms with van der Waals surface area (Å²) < 4.78 is 0. The average molecular weight is 329 g/mol. The Kier molecular flexibility index (Phi) is 6.13. The maximum atomic E-state index is 4.86. The molecule has 1 aromatic carbocycles. The molecular weight excluding hydrogens is 296 g/mol. The van der Waals surface area contributed by atoms with Gasteiger partial charge in [-0.15, -0.1) is 0 Å². The van der Waals surface area contributed by atoms with Gasteiger partial charge in [0.1, 0.15) is 0 Å². The van der Waals surface area contributed by atoms with E-state index in [0.29, 0.717) is 12.0 Å². The van der Waals surface area contributed by atoms with Crippen LogP contribution in [0.5, 0.6) is 0 Å². The monoisotopic (exact) mass is 328 g/mol. The lowest BCUT2D eigenvalue weighted by Crippen LogP contribution is -2.49. The number of hydrogen-bond acceptors (Lipinski definition) is 2. The predicted molar refractivity (Wildman–Crippen MR) is 102 cm³/mol. The summed E-state index contributed by atoms with van der Waals surface area (Å²) in [6, 6.07) is 9.33. The Morgan fingerprint density at radius 3 is 2.71 bits per heavy atom. The molecule has 1 fully saturated rings. The van der Waals surface area contributed by atoms with Crippen LogP contribution >= 0.6 is 0 Å². The molecule has 0 amide bonds. The van der Waals surface area contributed by atoms with Crippen LogP contribution in [0, 0.1) is 0 Å². The van der Waals surface area contributed by atoms with Crippen LogP contribution in [-0.2, 0) is 6.42 Å². The summed E-state index contributed by atoms with van der Waals surface area (Å²) in [5, 5.41) is 7.08. The fourth-order valence-electron chi connectivity index (χ4n) is 3.86. The van der Waals surface area contributed by atoms with E-state index in [1.165, 1.54) is 56.4 Å². The molecular formula is C20H32N4. The Labute approximate surface area is 146 Å². The van der Waals surface area contributed by atoms with Crippen LogP contribution in [0.1, 0.15) is 50.2 Å². The van der Waals surface area contributed by atoms with E-state index in [1.807, 2.05) is 0 Å². The summed E-state index contributed by atoms with van der Waals surface area (Å²) in [5.41, 5.74) is 2.99. The first-order chi connectivity index (χ1) is 11.8. The summed E-state index contributed by atoms with van der Waals surface area (Å²) >= 11 is 0. The lowest BCUT2D eigenvalue weighted by atomic mass is 9.78. The van der Waals surface area contributed by atoms with E-state index < -0.39 is 0 Å². The van der Waals surface area contributed by atoms with Gasteiger partial charge in [-0.05, 0) is 50.3 Å². The van der Waals surface area contributed by atoms with Gasteiger partial charge < -0.3 is 15.5 Å². The topological polar surface area (TPSA) is 39.7 Å². The minimum atomic E-state index is 0.560. The van der Waals surface area contributed by atoms with Crippen LogP contribution in [0.25, 0.3) is 0 Å². The fourth-order valence-corrected chi connectivity index (χ4v) is 3.86. The van der Waals surface area contributed by atoms with Gasteiger partial charge in [0.05, 0.1) is 0 Å². The second kappa shape index (κ2) is 8.52. The third-order valence-corrected chi connectivity index (χ3v) is 5.24. The van der Waals surface area contributed by atoms with Crippen LogP contribution < -0.4 is 10.6 Å². The number of rotatable bonds is 6. The Morgan fingerprint density at radius 1 is 1.21 bits per heavy atom. The number of aliphatic imine (C=N–C) groups is 1. The van der Waals surface area contributed by atoms with Gasteiger partial charge in [-0.2, -0.15) is 0 Å². The standard InChI is InChI=1S/C20H32N4/c1-3-11-24-12-9-18(10-13-24)23-20(21-4-2)22-15-17-14-16-7-5-6-8-19(16)17/h5-8,17-18H,3-4,9-15H2,1-2H3,(H2,21,22,23). The first-order valence-electron chi connectivity index (χ1n) is 9.65. The van der Waals surface area contributed by atoms with Gasteiger partial charge in [0, 0.05) is 38.1 Å². The Morgan fingerprint density at radius 2 is 2.00 bits per heavy atom. The Hall–Kier alpha value is -1.55. The number of nitrogens with zero attached hydrogens (tertiary/aromatic N) is 2. The van der Waals surface area contributed by atoms with Gasteiger partial charge in [-0.1, -0.05) is 31.2 Å². The largest absolute Gasteiger partial charge is 0.357 e. The van der Waals surface area contributed by atoms with Crippen LogP contribution in [-0.4, -0.2) is 49.6 Å². The molecule has 0 bridgehead atoms. The minimum absolute atomic E-state index is 0.560. The van der Waals surface area contributed by atoms with Crippen molar-refractivity contribution in [3.8, 4) is 0 Å². The first-order valence-corrected chi connectivity index (χ1v) is 9.65. The molecule has 0 aromatic heterocycles. The van der Waals surface area contributed by atoms with Crippen molar-refractivity contribution in [1.29, 1.82) is 0 Å². The summed E-state index contributed by atoms with van der Waals surface area (Å²) in [6.45, 7) is 9.87. The summed E-state index contributed by atoms with van der Waals surface area (Å²) in [4.78, 5) is 7.44. The zero-order valence-electron chi connectivity index (χ0n) is 15.2. The number of piperidine rings is 1. The molecule has 2 aliphatic rings. The van der Waals surface area contributed by atoms with Crippen molar-refractivity contribution in [1.82, 2.24) is 15.5 Å². The van der Waals surface area contributed by atoms with Crippen molar-refractivity contribution >= 4 is 5.96 Å². The second-order valence-corrected chi connectivity index (χ2v) is 7.08. The Balaban J connectivity index is 1.50. The van der Waals surface area contributed by atoms with Crippen molar-refractivity contribution in [2.24, 2.45) is 4.99 Å². The van der Waals surface area contributed by atoms with Crippen LogP contribution in [0.4, 0.5) is 0 Å². The highest BCUT2D eigenvalue weighted by Gasteiger charge is 2.25. The van der Waals surface area contributed by atoms with E-state index in [-0.39, 0.29) is 0 Å². The van der Waals surface area contributed by atoms with E-state index >= 15 is 0 Å². The molecule has 4 heteroatoms. The SMILES string of the molecule is CCCN1CCC(NC(=NCC2Cc3ccccc32)NCC)CC1. The second-order valence-electron chi connectivity index (χ2n) is 7.08. The van der Waals surface area contributed by atoms with Crippen molar-refractivity contribution < 1.29 is 0 Å². The van der Waals surface area contributed by atoms with Crippen molar-refractivity contribution in [2.45, 2.75) is 51.5 Å². The summed E-state index contributed by atoms with van der Waals surface area (Å²) in [7, 11) is 0. The maximum Gasteiger partial charge on any atom is 0.191 e. The minimum Gasteiger partial charge on any atom is -0.357 e. The lowest BCUT2D eigenvalue weighted by molar-refractivity contribution is 0.206. The molecule has 1 atom stereocenters. The van der Waals surface area contributed by atoms with Crippen molar-refractivity contribution in [3.63, 3.8) is 0 Å². The molecule has 0 spiro atoms. The highest BCUT2D eigenvalue weighted by molar-refractivity contribution is 5.80. The number of guanidine groups is 1. The molecule has 1 aliphatic heterocycles. The quantitative estimate of drug-likeness (QED) is 0.623. The van der Waals surface area contributed by atoms with Gasteiger partial charge in [0.25, 0.3) is 0 Å². The zero-order valence-corrected chi connectivity index (χ0v) is 15.2. The first kappa shape index (κ1) is 17.3. The molecule has 1 aliphatic carbocycles. The molecule has 132 valence electrons. The van der Waals surface area contributed by atoms with Gasteiger partial charge in [-0.3, -0.25) is 4.99 Å². The molecule has 0 radical (unpaired) electrons. The normalized spacial score (nSPS) is 21.9. The fraction of sp³-hybridized carbons (Fsp3) is 0.650. The summed E-state index contributed by atoms with van der Waals surface area (Å²) in [5.74, 6) is 1.60. The number of likely N-dealkylation sites (tertiary alicyclic amines) is 1. The molecule has 24 heavy (non-hydrogen) atoms. The van der Waals surface area contributed by atoms with Gasteiger partial charge in [-0.25, -0.2) is 0 Å². The van der Waals surface area contributed by atoms with Gasteiger partial charge in [0.15, 0.2) is 5.96 Å². The molecule has 1 heterocycles. The number of nitrogens with one attached hydrogen (secondary N) is 2. The number of hydrogen-bond donors (Lipinski definition) is 2. The smallest absolute Gasteiger partial charge is 0.191 e. The maximum absolute atomic E-state index is 4.86. The molecule has 1 unspecified atom stereocenters. The van der Waals surface area contributed by atoms with E-state index in [1.54, 1.807) is 0 Å². The van der Waals surface area contributed by atoms with Gasteiger partial charge >= 0.3 is 0 Å². The highest BCUT2D eigenvalue weighted by atomic mass is 15.2. The summed E-state index contributed by atoms with van der Waals surface area (Å²) in [6.07, 6.45) is 4.87. The Bertz CT molecular complexity index is 546. The molecule has 3 rings (SSSR count). The number of benzene rings is 1. The van der Waals surface area contributed by atoms with Gasteiger partial charge in [0.2, 0.25) is 0 Å². The van der Waals surface area contributed by atoms with E-state index in [0.717, 1.165) is 19.0 Å². The number of fused-ring (bicyclic) bond motifs is 1. The van der Waals surface area contributed by atoms with E-state index in [4.69, 9.17) is 4.99 Å². The van der Waals surface area contributed by atoms with Crippen molar-refractivity contribution in [2.75, 3.05) is 32.7 Å². The van der Waals surface area contributed by atoms with Crippen LogP contribution in [0.15, 0.2) is 29.3 Å². The van der Waals surface area contributed by atoms with Crippen molar-refractivity contribution in [3.05, 3.63) is 35.4 Å². The highest BCUT2D eigenvalue weighted by Crippen LogP contribution is 2.34. The van der Waals surface area contributed by atoms with Crippen LogP contribution in [0.2, 0.25) is 0 Å². The van der Waals surface area contributed by atoms with Crippen LogP contribution in [0.3, 0.4) is 0 Å². The predicted octanol–water partition coefficient (Wildman–Crippen LogP) is 2.76. The van der Waals surface area contributed by atoms with E-state index in [9.17, 15) is 0 Å². The molecule has 4 nitrogen and oxygen atoms in total. The van der Waals surface area contributed by atoms with E-state index in [2.05, 4.69) is 53.6 Å².